The maximum Gasteiger partial charge on any atom is 0.163 e. The first-order valence-electron chi connectivity index (χ1n) is 8.17. The Labute approximate surface area is 150 Å². The van der Waals surface area contributed by atoms with Crippen molar-refractivity contribution in [1.29, 1.82) is 5.26 Å². The molecule has 3 heterocycles. The minimum Gasteiger partial charge on any atom is -0.383 e. The van der Waals surface area contributed by atoms with Gasteiger partial charge < -0.3 is 5.73 Å². The summed E-state index contributed by atoms with van der Waals surface area (Å²) in [6, 6.07) is 11.5. The molecule has 1 aliphatic rings. The molecule has 3 aromatic rings. The smallest absolute Gasteiger partial charge is 0.163 e. The Bertz CT molecular complexity index is 999. The number of fused-ring (bicyclic) bond motifs is 1. The van der Waals surface area contributed by atoms with Crippen LogP contribution < -0.4 is 5.73 Å². The number of rotatable bonds is 3. The van der Waals surface area contributed by atoms with Crippen molar-refractivity contribution in [3.8, 4) is 17.5 Å². The zero-order valence-corrected chi connectivity index (χ0v) is 14.5. The quantitative estimate of drug-likeness (QED) is 0.733. The van der Waals surface area contributed by atoms with E-state index < -0.39 is 0 Å². The fraction of sp³-hybridized carbons (Fsp3) is 0.211. The number of aromatic nitrogens is 2. The summed E-state index contributed by atoms with van der Waals surface area (Å²) in [6.45, 7) is 2.98. The zero-order chi connectivity index (χ0) is 17.2. The van der Waals surface area contributed by atoms with Gasteiger partial charge in [0, 0.05) is 30.1 Å². The number of nitriles is 1. The van der Waals surface area contributed by atoms with Crippen molar-refractivity contribution >= 4 is 27.4 Å². The summed E-state index contributed by atoms with van der Waals surface area (Å²) in [7, 11) is 0. The Hall–Kier alpha value is -2.75. The van der Waals surface area contributed by atoms with Gasteiger partial charge in [-0.3, -0.25) is 4.90 Å². The van der Waals surface area contributed by atoms with E-state index in [2.05, 4.69) is 39.2 Å². The van der Waals surface area contributed by atoms with Crippen molar-refractivity contribution in [3.63, 3.8) is 0 Å². The highest BCUT2D eigenvalue weighted by Crippen LogP contribution is 2.31. The number of benzene rings is 1. The highest BCUT2D eigenvalue weighted by atomic mass is 32.1. The van der Waals surface area contributed by atoms with Crippen LogP contribution in [0.4, 0.5) is 5.82 Å². The normalized spacial score (nSPS) is 14.7. The highest BCUT2D eigenvalue weighted by molar-refractivity contribution is 7.18. The summed E-state index contributed by atoms with van der Waals surface area (Å²) < 4.78 is 0. The van der Waals surface area contributed by atoms with Gasteiger partial charge in [-0.15, -0.1) is 11.3 Å². The molecule has 1 aliphatic heterocycles. The van der Waals surface area contributed by atoms with Gasteiger partial charge in [-0.2, -0.15) is 5.26 Å². The highest BCUT2D eigenvalue weighted by Gasteiger charge is 2.14. The van der Waals surface area contributed by atoms with Crippen LogP contribution in [0.2, 0.25) is 0 Å². The molecule has 2 N–H and O–H groups in total. The molecule has 124 valence electrons. The Morgan fingerprint density at radius 3 is 2.96 bits per heavy atom. The second-order valence-corrected chi connectivity index (χ2v) is 7.17. The molecule has 0 fully saturated rings. The maximum atomic E-state index is 9.07. The standard InChI is InChI=1S/C19H17N5S/c20-11-13-5-4-6-14(9-13)18-22-17(21)16-10-15(25-19(16)23-18)12-24-7-2-1-3-8-24/h1-2,4-6,9-10H,3,7-8,12H2,(H2,21,22,23). The van der Waals surface area contributed by atoms with Crippen LogP contribution in [0.25, 0.3) is 21.6 Å². The molecule has 0 amide bonds. The fourth-order valence-electron chi connectivity index (χ4n) is 2.98. The Kier molecular flexibility index (Phi) is 4.18. The van der Waals surface area contributed by atoms with E-state index in [1.807, 2.05) is 12.1 Å². The number of nitrogen functional groups attached to an aromatic ring is 1. The molecule has 0 radical (unpaired) electrons. The molecular formula is C19H17N5S. The molecule has 0 spiro atoms. The van der Waals surface area contributed by atoms with E-state index in [9.17, 15) is 0 Å². The monoisotopic (exact) mass is 347 g/mol. The Morgan fingerprint density at radius 2 is 2.16 bits per heavy atom. The number of thiophene rings is 1. The molecule has 6 heteroatoms. The maximum absolute atomic E-state index is 9.07. The van der Waals surface area contributed by atoms with Crippen LogP contribution in [0, 0.1) is 11.3 Å². The SMILES string of the molecule is N#Cc1cccc(-c2nc(N)c3cc(CN4CC=CCC4)sc3n2)c1. The lowest BCUT2D eigenvalue weighted by atomic mass is 10.1. The molecule has 25 heavy (non-hydrogen) atoms. The number of anilines is 1. The van der Waals surface area contributed by atoms with Crippen LogP contribution >= 0.6 is 11.3 Å². The number of hydrogen-bond acceptors (Lipinski definition) is 6. The summed E-state index contributed by atoms with van der Waals surface area (Å²) in [5.41, 5.74) is 7.57. The molecule has 0 atom stereocenters. The number of nitrogens with two attached hydrogens (primary N) is 1. The second-order valence-electron chi connectivity index (χ2n) is 6.05. The minimum atomic E-state index is 0.489. The van der Waals surface area contributed by atoms with E-state index in [1.54, 1.807) is 23.5 Å². The van der Waals surface area contributed by atoms with E-state index in [0.29, 0.717) is 17.2 Å². The van der Waals surface area contributed by atoms with Crippen LogP contribution in [-0.4, -0.2) is 28.0 Å². The molecule has 0 unspecified atom stereocenters. The minimum absolute atomic E-state index is 0.489. The van der Waals surface area contributed by atoms with Gasteiger partial charge in [0.2, 0.25) is 0 Å². The Balaban J connectivity index is 1.69. The molecule has 0 bridgehead atoms. The van der Waals surface area contributed by atoms with Gasteiger partial charge in [0.05, 0.1) is 17.0 Å². The van der Waals surface area contributed by atoms with Gasteiger partial charge in [0.1, 0.15) is 10.6 Å². The van der Waals surface area contributed by atoms with E-state index >= 15 is 0 Å². The summed E-state index contributed by atoms with van der Waals surface area (Å²) in [4.78, 5) is 13.7. The number of hydrogen-bond donors (Lipinski definition) is 1. The first-order chi connectivity index (χ1) is 12.2. The average Bonchev–Trinajstić information content (AvgIpc) is 3.05. The van der Waals surface area contributed by atoms with Crippen molar-refractivity contribution in [3.05, 3.63) is 52.9 Å². The topological polar surface area (TPSA) is 78.8 Å². The molecule has 5 nitrogen and oxygen atoms in total. The average molecular weight is 347 g/mol. The van der Waals surface area contributed by atoms with Crippen LogP contribution in [0.1, 0.15) is 16.9 Å². The van der Waals surface area contributed by atoms with Crippen molar-refractivity contribution in [2.75, 3.05) is 18.8 Å². The van der Waals surface area contributed by atoms with E-state index in [1.165, 1.54) is 4.88 Å². The van der Waals surface area contributed by atoms with Crippen LogP contribution in [-0.2, 0) is 6.54 Å². The van der Waals surface area contributed by atoms with Gasteiger partial charge >= 0.3 is 0 Å². The predicted molar refractivity (Wildman–Crippen MR) is 101 cm³/mol. The first-order valence-corrected chi connectivity index (χ1v) is 8.98. The van der Waals surface area contributed by atoms with Crippen LogP contribution in [0.3, 0.4) is 0 Å². The predicted octanol–water partition coefficient (Wildman–Crippen LogP) is 3.57. The first kappa shape index (κ1) is 15.8. The lowest BCUT2D eigenvalue weighted by Crippen LogP contribution is -2.26. The Morgan fingerprint density at radius 1 is 1.24 bits per heavy atom. The lowest BCUT2D eigenvalue weighted by molar-refractivity contribution is 0.293. The zero-order valence-electron chi connectivity index (χ0n) is 13.6. The van der Waals surface area contributed by atoms with Crippen LogP contribution in [0.15, 0.2) is 42.5 Å². The van der Waals surface area contributed by atoms with E-state index in [0.717, 1.165) is 41.8 Å². The largest absolute Gasteiger partial charge is 0.383 e. The molecular weight excluding hydrogens is 330 g/mol. The van der Waals surface area contributed by atoms with Crippen molar-refractivity contribution in [2.24, 2.45) is 0 Å². The third kappa shape index (κ3) is 3.25. The number of nitrogens with zero attached hydrogens (tertiary/aromatic N) is 4. The molecule has 0 saturated heterocycles. The van der Waals surface area contributed by atoms with Gasteiger partial charge in [0.25, 0.3) is 0 Å². The van der Waals surface area contributed by atoms with E-state index in [4.69, 9.17) is 11.0 Å². The van der Waals surface area contributed by atoms with Gasteiger partial charge in [-0.25, -0.2) is 9.97 Å². The summed E-state index contributed by atoms with van der Waals surface area (Å²) in [5, 5.41) is 9.98. The molecule has 0 aliphatic carbocycles. The molecule has 1 aromatic carbocycles. The van der Waals surface area contributed by atoms with Crippen molar-refractivity contribution in [1.82, 2.24) is 14.9 Å². The van der Waals surface area contributed by atoms with Gasteiger partial charge in [-0.1, -0.05) is 24.3 Å². The van der Waals surface area contributed by atoms with Gasteiger partial charge in [0.15, 0.2) is 5.82 Å². The molecule has 0 saturated carbocycles. The van der Waals surface area contributed by atoms with Crippen LogP contribution in [0.5, 0.6) is 0 Å². The summed E-state index contributed by atoms with van der Waals surface area (Å²) >= 11 is 1.66. The summed E-state index contributed by atoms with van der Waals surface area (Å²) in [5.74, 6) is 1.06. The van der Waals surface area contributed by atoms with Crippen molar-refractivity contribution in [2.45, 2.75) is 13.0 Å². The third-order valence-electron chi connectivity index (χ3n) is 4.24. The van der Waals surface area contributed by atoms with Crippen molar-refractivity contribution < 1.29 is 0 Å². The molecule has 4 rings (SSSR count). The second kappa shape index (κ2) is 6.63. The summed E-state index contributed by atoms with van der Waals surface area (Å²) in [6.07, 6.45) is 5.55. The van der Waals surface area contributed by atoms with Gasteiger partial charge in [-0.05, 0) is 24.6 Å². The fourth-order valence-corrected chi connectivity index (χ4v) is 4.06. The lowest BCUT2D eigenvalue weighted by Gasteiger charge is -2.21. The van der Waals surface area contributed by atoms with E-state index in [-0.39, 0.29) is 0 Å². The third-order valence-corrected chi connectivity index (χ3v) is 5.26. The molecule has 2 aromatic heterocycles.